The Balaban J connectivity index is 2.94. The van der Waals surface area contributed by atoms with Crippen molar-refractivity contribution in [2.24, 2.45) is 0 Å². The maximum absolute atomic E-state index is 12.7. The molecule has 1 aliphatic heterocycles. The van der Waals surface area contributed by atoms with Crippen LogP contribution < -0.4 is 0 Å². The summed E-state index contributed by atoms with van der Waals surface area (Å²) in [6.07, 6.45) is -10.3. The van der Waals surface area contributed by atoms with Crippen molar-refractivity contribution in [2.45, 2.75) is 45.0 Å². The normalized spacial score (nSPS) is 39.5. The van der Waals surface area contributed by atoms with Crippen LogP contribution in [0, 0.1) is 0 Å². The van der Waals surface area contributed by atoms with Crippen LogP contribution in [-0.2, 0) is 4.74 Å². The molecule has 0 unspecified atom stereocenters. The van der Waals surface area contributed by atoms with Crippen molar-refractivity contribution in [3.05, 3.63) is 30.0 Å². The molecule has 0 atom stereocenters. The molecule has 0 N–H and O–H groups in total. The van der Waals surface area contributed by atoms with Gasteiger partial charge in [0, 0.05) is 43.1 Å². The van der Waals surface area contributed by atoms with E-state index in [4.69, 9.17) is 22.6 Å². The topological polar surface area (TPSA) is 42.4 Å². The predicted octanol–water partition coefficient (Wildman–Crippen LogP) is 3.20. The number of carbonyl (C=O) groups is 1. The van der Waals surface area contributed by atoms with Gasteiger partial charge < -0.3 is 9.64 Å². The molecule has 0 spiro atoms. The van der Waals surface area contributed by atoms with Gasteiger partial charge in [-0.05, 0) is 45.6 Å². The van der Waals surface area contributed by atoms with Gasteiger partial charge in [-0.15, -0.1) is 0 Å². The van der Waals surface area contributed by atoms with Crippen LogP contribution in [-0.4, -0.2) is 34.6 Å². The Bertz CT molecular complexity index is 930. The molecule has 104 valence electrons. The number of pyridine rings is 1. The van der Waals surface area contributed by atoms with E-state index < -0.39 is 73.3 Å². The Morgan fingerprint density at radius 1 is 1.53 bits per heavy atom. The first-order valence-electron chi connectivity index (χ1n) is 12.0. The van der Waals surface area contributed by atoms with E-state index in [2.05, 4.69) is 4.98 Å². The molecule has 19 heavy (non-hydrogen) atoms. The first-order valence-corrected chi connectivity index (χ1v) is 5.48. The van der Waals surface area contributed by atoms with Crippen LogP contribution in [0.4, 0.5) is 4.79 Å². The van der Waals surface area contributed by atoms with Gasteiger partial charge in [0.1, 0.15) is 5.60 Å². The van der Waals surface area contributed by atoms with Crippen LogP contribution >= 0.6 is 0 Å². The van der Waals surface area contributed by atoms with Crippen LogP contribution in [0.5, 0.6) is 0 Å². The van der Waals surface area contributed by atoms with Crippen LogP contribution in [0.1, 0.15) is 62.9 Å². The molecular formula is C15H22N2O2. The second kappa shape index (κ2) is 5.59. The fourth-order valence-electron chi connectivity index (χ4n) is 1.15. The highest BCUT2D eigenvalue weighted by Crippen LogP contribution is 2.27. The largest absolute Gasteiger partial charge is 0.444 e. The lowest BCUT2D eigenvalue weighted by atomic mass is 9.93. The lowest BCUT2D eigenvalue weighted by molar-refractivity contribution is 0.0204. The third-order valence-electron chi connectivity index (χ3n) is 1.87. The number of aromatic nitrogens is 1. The monoisotopic (exact) mass is 275 g/mol. The Hall–Kier alpha value is -1.58. The van der Waals surface area contributed by atoms with Crippen molar-refractivity contribution >= 4 is 6.09 Å². The third-order valence-corrected chi connectivity index (χ3v) is 1.87. The van der Waals surface area contributed by atoms with Crippen molar-refractivity contribution in [3.63, 3.8) is 0 Å². The summed E-state index contributed by atoms with van der Waals surface area (Å²) in [7, 11) is 0. The van der Waals surface area contributed by atoms with Gasteiger partial charge >= 0.3 is 6.09 Å². The summed E-state index contributed by atoms with van der Waals surface area (Å²) in [6, 6.07) is -2.99. The molecule has 2 heterocycles. The van der Waals surface area contributed by atoms with Crippen molar-refractivity contribution in [1.29, 1.82) is 0 Å². The van der Waals surface area contributed by atoms with Gasteiger partial charge in [0.15, 0.2) is 0 Å². The third kappa shape index (κ3) is 3.94. The molecule has 0 bridgehead atoms. The van der Waals surface area contributed by atoms with Crippen LogP contribution in [0.2, 0.25) is 0 Å². The highest BCUT2D eigenvalue weighted by molar-refractivity contribution is 5.68. The summed E-state index contributed by atoms with van der Waals surface area (Å²) in [4.78, 5) is 15.7. The molecule has 0 aromatic carbocycles. The second-order valence-electron chi connectivity index (χ2n) is 4.61. The van der Waals surface area contributed by atoms with Gasteiger partial charge in [0.25, 0.3) is 0 Å². The summed E-state index contributed by atoms with van der Waals surface area (Å²) in [5, 5.41) is 0. The van der Waals surface area contributed by atoms with Gasteiger partial charge in [0.2, 0.25) is 0 Å². The molecule has 1 aromatic heterocycles. The summed E-state index contributed by atoms with van der Waals surface area (Å²) in [5.41, 5.74) is -2.52. The number of carbonyl (C=O) groups excluding carboxylic acids is 1. The van der Waals surface area contributed by atoms with Crippen molar-refractivity contribution in [3.8, 4) is 0 Å². The van der Waals surface area contributed by atoms with E-state index in [1.807, 2.05) is 0 Å². The fraction of sp³-hybridized carbons (Fsp3) is 0.600. The summed E-state index contributed by atoms with van der Waals surface area (Å²) in [5.74, 6) is -3.66. The molecule has 4 heteroatoms. The zero-order valence-electron chi connectivity index (χ0n) is 23.7. The molecular weight excluding hydrogens is 240 g/mol. The molecule has 1 aromatic rings. The van der Waals surface area contributed by atoms with Crippen LogP contribution in [0.3, 0.4) is 0 Å². The van der Waals surface area contributed by atoms with Crippen LogP contribution in [0.15, 0.2) is 24.3 Å². The standard InChI is InChI=1S/C15H22N2O2/c1-15(2,3)19-14(18)17-10-7-12(8-11-17)13-6-4-5-9-16-13/h4-6,9,12H,7-8,10-11H2,1-3H3/i4D,5D,6D,7D2,8D2,9D,10D2,11D2,12D. The van der Waals surface area contributed by atoms with Gasteiger partial charge in [-0.1, -0.05) is 6.04 Å². The van der Waals surface area contributed by atoms with E-state index in [0.717, 1.165) is 0 Å². The minimum Gasteiger partial charge on any atom is -0.444 e. The Labute approximate surface area is 133 Å². The fourth-order valence-corrected chi connectivity index (χ4v) is 1.15. The lowest BCUT2D eigenvalue weighted by Gasteiger charge is -2.33. The first kappa shape index (κ1) is 4.76. The van der Waals surface area contributed by atoms with Gasteiger partial charge in [-0.3, -0.25) is 4.98 Å². The molecule has 1 saturated heterocycles. The lowest BCUT2D eigenvalue weighted by Crippen LogP contribution is -2.41. The number of rotatable bonds is 1. The zero-order valence-corrected chi connectivity index (χ0v) is 10.7. The van der Waals surface area contributed by atoms with Gasteiger partial charge in [-0.2, -0.15) is 0 Å². The average Bonchev–Trinajstić information content (AvgIpc) is 2.58. The van der Waals surface area contributed by atoms with E-state index in [9.17, 15) is 4.79 Å². The average molecular weight is 275 g/mol. The summed E-state index contributed by atoms with van der Waals surface area (Å²) < 4.78 is 111. The van der Waals surface area contributed by atoms with Crippen molar-refractivity contribution in [2.75, 3.05) is 13.0 Å². The van der Waals surface area contributed by atoms with E-state index in [0.29, 0.717) is 0 Å². The van der Waals surface area contributed by atoms with E-state index in [1.165, 1.54) is 20.8 Å². The predicted molar refractivity (Wildman–Crippen MR) is 74.0 cm³/mol. The van der Waals surface area contributed by atoms with Crippen molar-refractivity contribution < 1.29 is 27.4 Å². The second-order valence-corrected chi connectivity index (χ2v) is 4.61. The van der Waals surface area contributed by atoms with E-state index in [1.54, 1.807) is 0 Å². The number of likely N-dealkylation sites (tertiary alicyclic amines) is 1. The zero-order chi connectivity index (χ0) is 25.5. The molecule has 1 amide bonds. The minimum atomic E-state index is -3.78. The number of amides is 1. The molecule has 1 aliphatic rings. The maximum Gasteiger partial charge on any atom is 0.410 e. The molecule has 0 radical (unpaired) electrons. The Kier molecular flexibility index (Phi) is 1.40. The molecule has 2 rings (SSSR count). The highest BCUT2D eigenvalue weighted by Gasteiger charge is 2.27. The summed E-state index contributed by atoms with van der Waals surface area (Å²) in [6.45, 7) is -3.30. The van der Waals surface area contributed by atoms with Gasteiger partial charge in [-0.25, -0.2) is 4.79 Å². The smallest absolute Gasteiger partial charge is 0.410 e. The molecule has 0 saturated carbocycles. The maximum atomic E-state index is 12.7. The van der Waals surface area contributed by atoms with E-state index >= 15 is 0 Å². The Morgan fingerprint density at radius 2 is 2.21 bits per heavy atom. The molecule has 4 nitrogen and oxygen atoms in total. The number of piperidine rings is 1. The minimum absolute atomic E-state index is 0.385. The summed E-state index contributed by atoms with van der Waals surface area (Å²) >= 11 is 0. The van der Waals surface area contributed by atoms with E-state index in [-0.39, 0.29) is 4.90 Å². The number of hydrogen-bond donors (Lipinski definition) is 0. The highest BCUT2D eigenvalue weighted by atomic mass is 16.6. The van der Waals surface area contributed by atoms with Crippen LogP contribution in [0.25, 0.3) is 0 Å². The number of hydrogen-bond acceptors (Lipinski definition) is 3. The number of ether oxygens (including phenoxy) is 1. The Morgan fingerprint density at radius 3 is 2.84 bits per heavy atom. The number of nitrogens with zero attached hydrogens (tertiary/aromatic N) is 2. The first-order chi connectivity index (χ1) is 14.0. The SMILES string of the molecule is [2H]c1nc(C2([2H])C([2H])([2H])C([2H])([2H])N(C(=O)OC(C)(C)C)C([2H])([2H])C2([2H])[2H])c([2H])c([2H])c1[2H]. The van der Waals surface area contributed by atoms with Crippen molar-refractivity contribution in [1.82, 2.24) is 9.88 Å². The van der Waals surface area contributed by atoms with Gasteiger partial charge in [0.05, 0.1) is 5.48 Å². The quantitative estimate of drug-likeness (QED) is 0.790. The molecule has 1 fully saturated rings. The molecule has 0 aliphatic carbocycles.